The van der Waals surface area contributed by atoms with E-state index in [9.17, 15) is 0 Å². The van der Waals surface area contributed by atoms with Crippen molar-refractivity contribution in [3.63, 3.8) is 0 Å². The Morgan fingerprint density at radius 1 is 1.30 bits per heavy atom. The molecule has 1 fully saturated rings. The van der Waals surface area contributed by atoms with Crippen LogP contribution in [0.25, 0.3) is 0 Å². The van der Waals surface area contributed by atoms with E-state index in [2.05, 4.69) is 46.7 Å². The van der Waals surface area contributed by atoms with Gasteiger partial charge in [-0.25, -0.2) is 4.98 Å². The third-order valence-electron chi connectivity index (χ3n) is 3.38. The molecule has 108 valence electrons. The number of nitrogens with zero attached hydrogens (tertiary/aromatic N) is 2. The molecule has 0 radical (unpaired) electrons. The average Bonchev–Trinajstić information content (AvgIpc) is 3.00. The van der Waals surface area contributed by atoms with Gasteiger partial charge in [0.25, 0.3) is 0 Å². The van der Waals surface area contributed by atoms with Crippen LogP contribution in [0.3, 0.4) is 0 Å². The Balaban J connectivity index is 1.48. The van der Waals surface area contributed by atoms with Gasteiger partial charge in [0.05, 0.1) is 10.7 Å². The highest BCUT2D eigenvalue weighted by atomic mass is 32.1. The average molecular weight is 307 g/mol. The van der Waals surface area contributed by atoms with Crippen LogP contribution in [0, 0.1) is 6.92 Å². The zero-order valence-corrected chi connectivity index (χ0v) is 13.7. The second kappa shape index (κ2) is 6.35. The van der Waals surface area contributed by atoms with Crippen LogP contribution in [0.5, 0.6) is 0 Å². The van der Waals surface area contributed by atoms with Gasteiger partial charge < -0.3 is 5.32 Å². The summed E-state index contributed by atoms with van der Waals surface area (Å²) in [7, 11) is 2.16. The molecule has 0 saturated heterocycles. The fraction of sp³-hybridized carbons (Fsp3) is 0.533. The molecule has 1 aliphatic rings. The van der Waals surface area contributed by atoms with Gasteiger partial charge in [0.2, 0.25) is 0 Å². The minimum absolute atomic E-state index is 0.788. The monoisotopic (exact) mass is 307 g/mol. The predicted molar refractivity (Wildman–Crippen MR) is 86.2 cm³/mol. The van der Waals surface area contributed by atoms with Crippen LogP contribution in [0.2, 0.25) is 0 Å². The standard InChI is InChI=1S/C15H21N3S2/c1-11-17-13(10-19-11)8-18(2)9-15-6-5-14(20-15)7-16-12-3-4-12/h5-6,10,12,16H,3-4,7-9H2,1-2H3. The quantitative estimate of drug-likeness (QED) is 0.850. The van der Waals surface area contributed by atoms with Gasteiger partial charge in [-0.15, -0.1) is 22.7 Å². The van der Waals surface area contributed by atoms with Crippen molar-refractivity contribution in [3.05, 3.63) is 38.0 Å². The third-order valence-corrected chi connectivity index (χ3v) is 5.28. The van der Waals surface area contributed by atoms with Gasteiger partial charge in [-0.3, -0.25) is 4.90 Å². The van der Waals surface area contributed by atoms with Crippen molar-refractivity contribution in [1.29, 1.82) is 0 Å². The van der Waals surface area contributed by atoms with E-state index >= 15 is 0 Å². The number of aryl methyl sites for hydroxylation is 1. The first kappa shape index (κ1) is 14.2. The van der Waals surface area contributed by atoms with E-state index in [1.807, 2.05) is 11.3 Å². The molecule has 1 saturated carbocycles. The Labute approximate surface area is 128 Å². The molecule has 0 spiro atoms. The van der Waals surface area contributed by atoms with E-state index in [1.165, 1.54) is 28.3 Å². The summed E-state index contributed by atoms with van der Waals surface area (Å²) >= 11 is 3.65. The van der Waals surface area contributed by atoms with Crippen LogP contribution in [0.4, 0.5) is 0 Å². The van der Waals surface area contributed by atoms with Crippen molar-refractivity contribution >= 4 is 22.7 Å². The molecule has 1 N–H and O–H groups in total. The highest BCUT2D eigenvalue weighted by molar-refractivity contribution is 7.12. The molecule has 0 unspecified atom stereocenters. The largest absolute Gasteiger partial charge is 0.309 e. The molecular formula is C15H21N3S2. The second-order valence-electron chi connectivity index (χ2n) is 5.55. The normalized spacial score (nSPS) is 15.2. The number of hydrogen-bond donors (Lipinski definition) is 1. The van der Waals surface area contributed by atoms with Crippen LogP contribution in [0.15, 0.2) is 17.5 Å². The summed E-state index contributed by atoms with van der Waals surface area (Å²) in [6.45, 7) is 5.03. The van der Waals surface area contributed by atoms with Gasteiger partial charge in [0.15, 0.2) is 0 Å². The molecule has 3 nitrogen and oxygen atoms in total. The lowest BCUT2D eigenvalue weighted by molar-refractivity contribution is 0.318. The smallest absolute Gasteiger partial charge is 0.0897 e. The third kappa shape index (κ3) is 4.12. The molecule has 5 heteroatoms. The van der Waals surface area contributed by atoms with Crippen molar-refractivity contribution in [3.8, 4) is 0 Å². The Kier molecular flexibility index (Phi) is 4.51. The maximum absolute atomic E-state index is 4.52. The summed E-state index contributed by atoms with van der Waals surface area (Å²) in [6.07, 6.45) is 2.71. The minimum Gasteiger partial charge on any atom is -0.309 e. The summed E-state index contributed by atoms with van der Waals surface area (Å²) in [5, 5.41) is 6.88. The van der Waals surface area contributed by atoms with Gasteiger partial charge in [-0.05, 0) is 38.9 Å². The summed E-state index contributed by atoms with van der Waals surface area (Å²) < 4.78 is 0. The van der Waals surface area contributed by atoms with Crippen molar-refractivity contribution < 1.29 is 0 Å². The lowest BCUT2D eigenvalue weighted by Crippen LogP contribution is -2.16. The number of thiophene rings is 1. The number of hydrogen-bond acceptors (Lipinski definition) is 5. The van der Waals surface area contributed by atoms with E-state index in [4.69, 9.17) is 0 Å². The van der Waals surface area contributed by atoms with Crippen LogP contribution >= 0.6 is 22.7 Å². The van der Waals surface area contributed by atoms with Gasteiger partial charge in [-0.2, -0.15) is 0 Å². The number of rotatable bonds is 7. The Morgan fingerprint density at radius 2 is 2.10 bits per heavy atom. The van der Waals surface area contributed by atoms with Crippen LogP contribution in [-0.2, 0) is 19.6 Å². The van der Waals surface area contributed by atoms with E-state index < -0.39 is 0 Å². The fourth-order valence-corrected chi connectivity index (χ4v) is 3.87. The first-order valence-electron chi connectivity index (χ1n) is 7.09. The maximum atomic E-state index is 4.52. The minimum atomic E-state index is 0.788. The number of nitrogens with one attached hydrogen (secondary N) is 1. The summed E-state index contributed by atoms with van der Waals surface area (Å²) in [4.78, 5) is 9.74. The first-order valence-corrected chi connectivity index (χ1v) is 8.79. The highest BCUT2D eigenvalue weighted by Gasteiger charge is 2.20. The lowest BCUT2D eigenvalue weighted by Gasteiger charge is -2.13. The summed E-state index contributed by atoms with van der Waals surface area (Å²) in [5.41, 5.74) is 1.18. The Morgan fingerprint density at radius 3 is 2.80 bits per heavy atom. The van der Waals surface area contributed by atoms with Crippen LogP contribution < -0.4 is 5.32 Å². The zero-order valence-electron chi connectivity index (χ0n) is 12.1. The van der Waals surface area contributed by atoms with Crippen molar-refractivity contribution in [1.82, 2.24) is 15.2 Å². The second-order valence-corrected chi connectivity index (χ2v) is 7.87. The van der Waals surface area contributed by atoms with Crippen LogP contribution in [0.1, 0.15) is 33.3 Å². The van der Waals surface area contributed by atoms with Gasteiger partial charge in [0, 0.05) is 40.8 Å². The zero-order chi connectivity index (χ0) is 13.9. The van der Waals surface area contributed by atoms with Crippen LogP contribution in [-0.4, -0.2) is 23.0 Å². The molecule has 3 rings (SSSR count). The molecule has 0 bridgehead atoms. The molecule has 20 heavy (non-hydrogen) atoms. The highest BCUT2D eigenvalue weighted by Crippen LogP contribution is 2.22. The Bertz CT molecular complexity index is 557. The van der Waals surface area contributed by atoms with E-state index in [0.29, 0.717) is 0 Å². The van der Waals surface area contributed by atoms with Crippen molar-refractivity contribution in [2.45, 2.75) is 45.4 Å². The Hall–Kier alpha value is -0.750. The molecule has 0 amide bonds. The summed E-state index contributed by atoms with van der Waals surface area (Å²) in [5.74, 6) is 0. The van der Waals surface area contributed by atoms with Gasteiger partial charge in [-0.1, -0.05) is 0 Å². The van der Waals surface area contributed by atoms with Gasteiger partial charge >= 0.3 is 0 Å². The molecule has 2 aromatic heterocycles. The molecule has 2 heterocycles. The molecule has 0 aromatic carbocycles. The predicted octanol–water partition coefficient (Wildman–Crippen LogP) is 3.40. The molecular weight excluding hydrogens is 286 g/mol. The summed E-state index contributed by atoms with van der Waals surface area (Å²) in [6, 6.07) is 5.31. The molecule has 0 aliphatic heterocycles. The SMILES string of the molecule is Cc1nc(CN(C)Cc2ccc(CNC3CC3)s2)cs1. The first-order chi connectivity index (χ1) is 9.69. The molecule has 0 atom stereocenters. The topological polar surface area (TPSA) is 28.2 Å². The van der Waals surface area contributed by atoms with E-state index in [0.717, 1.165) is 30.7 Å². The van der Waals surface area contributed by atoms with Crippen molar-refractivity contribution in [2.24, 2.45) is 0 Å². The fourth-order valence-electron chi connectivity index (χ4n) is 2.21. The van der Waals surface area contributed by atoms with E-state index in [-0.39, 0.29) is 0 Å². The molecule has 1 aliphatic carbocycles. The molecule has 2 aromatic rings. The van der Waals surface area contributed by atoms with Crippen molar-refractivity contribution in [2.75, 3.05) is 7.05 Å². The number of aromatic nitrogens is 1. The number of thiazole rings is 1. The van der Waals surface area contributed by atoms with E-state index in [1.54, 1.807) is 11.3 Å². The maximum Gasteiger partial charge on any atom is 0.0897 e. The van der Waals surface area contributed by atoms with Gasteiger partial charge in [0.1, 0.15) is 0 Å². The lowest BCUT2D eigenvalue weighted by atomic mass is 10.3.